The van der Waals surface area contributed by atoms with Crippen LogP contribution >= 0.6 is 0 Å². The van der Waals surface area contributed by atoms with E-state index in [2.05, 4.69) is 5.32 Å². The van der Waals surface area contributed by atoms with Crippen LogP contribution in [0.4, 0.5) is 5.69 Å². The summed E-state index contributed by atoms with van der Waals surface area (Å²) in [5, 5.41) is 3.34. The van der Waals surface area contributed by atoms with Crippen LogP contribution in [-0.4, -0.2) is 5.78 Å². The monoisotopic (exact) mass is 299 g/mol. The maximum absolute atomic E-state index is 12.5. The summed E-state index contributed by atoms with van der Waals surface area (Å²) >= 11 is 0. The van der Waals surface area contributed by atoms with Crippen LogP contribution in [0.3, 0.4) is 0 Å². The normalized spacial score (nSPS) is 11.0. The van der Waals surface area contributed by atoms with Gasteiger partial charge in [0.15, 0.2) is 5.78 Å². The molecule has 2 nitrogen and oxygen atoms in total. The van der Waals surface area contributed by atoms with Crippen molar-refractivity contribution in [1.82, 2.24) is 0 Å². The molecular weight excluding hydrogens is 282 g/mol. The number of carbonyl (C=O) groups excluding carboxylic acids is 1. The van der Waals surface area contributed by atoms with Crippen LogP contribution in [0.15, 0.2) is 97.1 Å². The average molecular weight is 299 g/mol. The second-order valence-corrected chi connectivity index (χ2v) is 5.15. The molecule has 0 saturated carbocycles. The van der Waals surface area contributed by atoms with E-state index >= 15 is 0 Å². The number of carbonyl (C=O) groups is 1. The smallest absolute Gasteiger partial charge is 0.187 e. The summed E-state index contributed by atoms with van der Waals surface area (Å²) in [6.07, 6.45) is 1.65. The fourth-order valence-corrected chi connectivity index (χ4v) is 2.30. The molecule has 0 unspecified atom stereocenters. The Morgan fingerprint density at radius 1 is 0.652 bits per heavy atom. The van der Waals surface area contributed by atoms with Crippen LogP contribution in [0, 0.1) is 0 Å². The van der Waals surface area contributed by atoms with Crippen LogP contribution in [0.5, 0.6) is 0 Å². The third-order valence-corrected chi connectivity index (χ3v) is 3.47. The molecule has 0 aliphatic carbocycles. The van der Waals surface area contributed by atoms with E-state index in [1.807, 2.05) is 91.0 Å². The number of hydrogen-bond acceptors (Lipinski definition) is 2. The highest BCUT2D eigenvalue weighted by Gasteiger charge is 2.07. The Bertz CT molecular complexity index is 793. The van der Waals surface area contributed by atoms with Crippen LogP contribution in [0.25, 0.3) is 5.70 Å². The minimum atomic E-state index is -0.0205. The summed E-state index contributed by atoms with van der Waals surface area (Å²) in [5.41, 5.74) is 3.38. The fraction of sp³-hybridized carbons (Fsp3) is 0. The minimum absolute atomic E-state index is 0.0205. The molecule has 0 fully saturated rings. The zero-order chi connectivity index (χ0) is 15.9. The first kappa shape index (κ1) is 14.8. The summed E-state index contributed by atoms with van der Waals surface area (Å²) in [4.78, 5) is 12.5. The van der Waals surface area contributed by atoms with E-state index in [9.17, 15) is 4.79 Å². The quantitative estimate of drug-likeness (QED) is 0.529. The fourth-order valence-electron chi connectivity index (χ4n) is 2.30. The van der Waals surface area contributed by atoms with Gasteiger partial charge in [-0.3, -0.25) is 4.79 Å². The Morgan fingerprint density at radius 3 is 1.70 bits per heavy atom. The van der Waals surface area contributed by atoms with Crippen molar-refractivity contribution >= 4 is 17.2 Å². The first-order valence-electron chi connectivity index (χ1n) is 7.51. The molecule has 0 heterocycles. The Morgan fingerprint density at radius 2 is 1.13 bits per heavy atom. The zero-order valence-corrected chi connectivity index (χ0v) is 12.6. The summed E-state index contributed by atoms with van der Waals surface area (Å²) in [5.74, 6) is -0.0205. The second-order valence-electron chi connectivity index (χ2n) is 5.15. The molecule has 0 bridgehead atoms. The van der Waals surface area contributed by atoms with Crippen molar-refractivity contribution in [3.63, 3.8) is 0 Å². The summed E-state index contributed by atoms with van der Waals surface area (Å²) < 4.78 is 0. The first-order valence-corrected chi connectivity index (χ1v) is 7.51. The van der Waals surface area contributed by atoms with E-state index in [0.29, 0.717) is 5.56 Å². The van der Waals surface area contributed by atoms with Crippen molar-refractivity contribution < 1.29 is 4.79 Å². The van der Waals surface area contributed by atoms with Gasteiger partial charge in [0, 0.05) is 23.0 Å². The third kappa shape index (κ3) is 3.95. The molecule has 0 aliphatic heterocycles. The highest BCUT2D eigenvalue weighted by Crippen LogP contribution is 2.19. The maximum atomic E-state index is 12.5. The molecule has 23 heavy (non-hydrogen) atoms. The van der Waals surface area contributed by atoms with Gasteiger partial charge in [-0.25, -0.2) is 0 Å². The van der Waals surface area contributed by atoms with Gasteiger partial charge < -0.3 is 5.32 Å². The van der Waals surface area contributed by atoms with Gasteiger partial charge in [0.2, 0.25) is 0 Å². The molecule has 0 atom stereocenters. The number of hydrogen-bond donors (Lipinski definition) is 1. The molecular formula is C21H17NO. The molecule has 3 aromatic carbocycles. The number of rotatable bonds is 5. The number of ketones is 1. The van der Waals surface area contributed by atoms with E-state index in [0.717, 1.165) is 16.9 Å². The predicted octanol–water partition coefficient (Wildman–Crippen LogP) is 5.02. The standard InChI is InChI=1S/C21H17NO/c23-21(18-12-6-2-7-13-18)16-20(17-10-4-1-5-11-17)22-19-14-8-3-9-15-19/h1-16,22H/b20-16-. The van der Waals surface area contributed by atoms with Crippen LogP contribution in [0.1, 0.15) is 15.9 Å². The molecule has 2 heteroatoms. The Kier molecular flexibility index (Phi) is 4.65. The van der Waals surface area contributed by atoms with Crippen LogP contribution in [-0.2, 0) is 0 Å². The SMILES string of the molecule is O=C(/C=C(\Nc1ccccc1)c1ccccc1)c1ccccc1. The number of benzene rings is 3. The highest BCUT2D eigenvalue weighted by molar-refractivity contribution is 6.09. The number of allylic oxidation sites excluding steroid dienone is 1. The minimum Gasteiger partial charge on any atom is -0.355 e. The molecule has 3 aromatic rings. The lowest BCUT2D eigenvalue weighted by molar-refractivity contribution is 0.104. The van der Waals surface area contributed by atoms with Crippen molar-refractivity contribution in [2.45, 2.75) is 0 Å². The Balaban J connectivity index is 1.95. The predicted molar refractivity (Wildman–Crippen MR) is 95.3 cm³/mol. The highest BCUT2D eigenvalue weighted by atomic mass is 16.1. The largest absolute Gasteiger partial charge is 0.355 e. The molecule has 1 N–H and O–H groups in total. The molecule has 0 radical (unpaired) electrons. The van der Waals surface area contributed by atoms with E-state index < -0.39 is 0 Å². The zero-order valence-electron chi connectivity index (χ0n) is 12.6. The lowest BCUT2D eigenvalue weighted by atomic mass is 10.1. The van der Waals surface area contributed by atoms with E-state index in [1.54, 1.807) is 6.08 Å². The van der Waals surface area contributed by atoms with E-state index in [-0.39, 0.29) is 5.78 Å². The topological polar surface area (TPSA) is 29.1 Å². The summed E-state index contributed by atoms with van der Waals surface area (Å²) in [7, 11) is 0. The van der Waals surface area contributed by atoms with Crippen molar-refractivity contribution in [1.29, 1.82) is 0 Å². The maximum Gasteiger partial charge on any atom is 0.187 e. The van der Waals surface area contributed by atoms with Gasteiger partial charge >= 0.3 is 0 Å². The Hall–Kier alpha value is -3.13. The first-order chi connectivity index (χ1) is 11.3. The summed E-state index contributed by atoms with van der Waals surface area (Å²) in [6.45, 7) is 0. The van der Waals surface area contributed by atoms with Gasteiger partial charge in [0.1, 0.15) is 0 Å². The lowest BCUT2D eigenvalue weighted by Gasteiger charge is -2.11. The van der Waals surface area contributed by atoms with Crippen molar-refractivity contribution in [2.24, 2.45) is 0 Å². The second kappa shape index (κ2) is 7.23. The number of anilines is 1. The van der Waals surface area contributed by atoms with Gasteiger partial charge in [-0.2, -0.15) is 0 Å². The molecule has 112 valence electrons. The summed E-state index contributed by atoms with van der Waals surface area (Å²) in [6, 6.07) is 29.0. The molecule has 0 aromatic heterocycles. The average Bonchev–Trinajstić information content (AvgIpc) is 2.63. The van der Waals surface area contributed by atoms with Crippen molar-refractivity contribution in [3.8, 4) is 0 Å². The lowest BCUT2D eigenvalue weighted by Crippen LogP contribution is -2.03. The van der Waals surface area contributed by atoms with Crippen molar-refractivity contribution in [3.05, 3.63) is 108 Å². The van der Waals surface area contributed by atoms with Crippen LogP contribution < -0.4 is 5.32 Å². The number of nitrogens with one attached hydrogen (secondary N) is 1. The van der Waals surface area contributed by atoms with E-state index in [1.165, 1.54) is 0 Å². The van der Waals surface area contributed by atoms with Gasteiger partial charge in [0.25, 0.3) is 0 Å². The molecule has 0 aliphatic rings. The molecule has 0 saturated heterocycles. The molecule has 3 rings (SSSR count). The number of para-hydroxylation sites is 1. The van der Waals surface area contributed by atoms with Gasteiger partial charge in [0.05, 0.1) is 0 Å². The van der Waals surface area contributed by atoms with Crippen LogP contribution in [0.2, 0.25) is 0 Å². The van der Waals surface area contributed by atoms with Gasteiger partial charge in [-0.1, -0.05) is 78.9 Å². The Labute approximate surface area is 136 Å². The third-order valence-electron chi connectivity index (χ3n) is 3.47. The molecule has 0 spiro atoms. The van der Waals surface area contributed by atoms with Gasteiger partial charge in [-0.05, 0) is 17.7 Å². The van der Waals surface area contributed by atoms with Gasteiger partial charge in [-0.15, -0.1) is 0 Å². The molecule has 0 amide bonds. The van der Waals surface area contributed by atoms with Crippen molar-refractivity contribution in [2.75, 3.05) is 5.32 Å². The van der Waals surface area contributed by atoms with E-state index in [4.69, 9.17) is 0 Å².